The molecule has 0 fully saturated rings. The molecule has 80 valence electrons. The third-order valence-corrected chi connectivity index (χ3v) is 2.84. The van der Waals surface area contributed by atoms with Gasteiger partial charge in [-0.15, -0.1) is 0 Å². The summed E-state index contributed by atoms with van der Waals surface area (Å²) in [7, 11) is 0. The van der Waals surface area contributed by atoms with Crippen LogP contribution in [0.5, 0.6) is 0 Å². The van der Waals surface area contributed by atoms with Crippen molar-refractivity contribution in [3.8, 4) is 0 Å². The van der Waals surface area contributed by atoms with Crippen molar-refractivity contribution in [2.75, 3.05) is 8.86 Å². The van der Waals surface area contributed by atoms with E-state index in [0.29, 0.717) is 0 Å². The number of hydrogen-bond acceptors (Lipinski definition) is 0. The van der Waals surface area contributed by atoms with Crippen molar-refractivity contribution in [3.63, 3.8) is 0 Å². The van der Waals surface area contributed by atoms with Crippen LogP contribution in [0.1, 0.15) is 25.7 Å². The molecule has 0 aromatic carbocycles. The van der Waals surface area contributed by atoms with E-state index in [1.54, 1.807) is 0 Å². The lowest BCUT2D eigenvalue weighted by Gasteiger charge is -1.85. The standard InChI is InChI=1S/C12H18I2/c13-11-9-7-5-3-1-2-4-6-8-10-12-14/h1-2,5-8H,3-4,9-12H2/b2-1-,7-5-,8-6-. The van der Waals surface area contributed by atoms with Gasteiger partial charge in [-0.1, -0.05) is 81.6 Å². The maximum atomic E-state index is 2.40. The molecular weight excluding hydrogens is 398 g/mol. The Labute approximate surface area is 115 Å². The van der Waals surface area contributed by atoms with Crippen molar-refractivity contribution in [2.24, 2.45) is 0 Å². The van der Waals surface area contributed by atoms with E-state index >= 15 is 0 Å². The predicted octanol–water partition coefficient (Wildman–Crippen LogP) is 5.09. The van der Waals surface area contributed by atoms with Gasteiger partial charge in [0.05, 0.1) is 0 Å². The Morgan fingerprint density at radius 1 is 0.571 bits per heavy atom. The normalized spacial score (nSPS) is 12.4. The third kappa shape index (κ3) is 12.7. The zero-order valence-electron chi connectivity index (χ0n) is 8.46. The first-order chi connectivity index (χ1) is 6.91. The molecule has 0 bridgehead atoms. The SMILES string of the molecule is ICC/C=C\C/C=C\C/C=C\CCI. The molecule has 0 nitrogen and oxygen atoms in total. The Balaban J connectivity index is 3.27. The summed E-state index contributed by atoms with van der Waals surface area (Å²) < 4.78 is 2.44. The Morgan fingerprint density at radius 2 is 0.929 bits per heavy atom. The fourth-order valence-corrected chi connectivity index (χ4v) is 1.62. The van der Waals surface area contributed by atoms with E-state index in [-0.39, 0.29) is 0 Å². The molecule has 0 atom stereocenters. The molecule has 0 aliphatic rings. The van der Waals surface area contributed by atoms with Gasteiger partial charge in [0.15, 0.2) is 0 Å². The second-order valence-corrected chi connectivity index (χ2v) is 5.00. The summed E-state index contributed by atoms with van der Waals surface area (Å²) in [5, 5.41) is 0. The first kappa shape index (κ1) is 14.7. The zero-order valence-corrected chi connectivity index (χ0v) is 12.8. The smallest absolute Gasteiger partial charge is 0.00299 e. The average molecular weight is 416 g/mol. The van der Waals surface area contributed by atoms with E-state index in [1.165, 1.54) is 21.7 Å². The van der Waals surface area contributed by atoms with Gasteiger partial charge in [0.2, 0.25) is 0 Å². The maximum Gasteiger partial charge on any atom is 0.00299 e. The molecule has 0 amide bonds. The van der Waals surface area contributed by atoms with Gasteiger partial charge in [0.1, 0.15) is 0 Å². The lowest BCUT2D eigenvalue weighted by Crippen LogP contribution is -1.67. The van der Waals surface area contributed by atoms with Crippen molar-refractivity contribution in [1.82, 2.24) is 0 Å². The summed E-state index contributed by atoms with van der Waals surface area (Å²) >= 11 is 4.79. The summed E-state index contributed by atoms with van der Waals surface area (Å²) in [6.45, 7) is 0. The summed E-state index contributed by atoms with van der Waals surface area (Å²) in [6.07, 6.45) is 18.0. The van der Waals surface area contributed by atoms with Gasteiger partial charge in [0.25, 0.3) is 0 Å². The van der Waals surface area contributed by atoms with E-state index < -0.39 is 0 Å². The summed E-state index contributed by atoms with van der Waals surface area (Å²) in [5.41, 5.74) is 0. The summed E-state index contributed by atoms with van der Waals surface area (Å²) in [6, 6.07) is 0. The number of rotatable bonds is 8. The maximum absolute atomic E-state index is 2.40. The van der Waals surface area contributed by atoms with Crippen LogP contribution >= 0.6 is 45.2 Å². The molecule has 0 aliphatic heterocycles. The number of hydrogen-bond donors (Lipinski definition) is 0. The molecule has 0 spiro atoms. The highest BCUT2D eigenvalue weighted by Crippen LogP contribution is 1.96. The fraction of sp³-hybridized carbons (Fsp3) is 0.500. The Morgan fingerprint density at radius 3 is 1.29 bits per heavy atom. The predicted molar refractivity (Wildman–Crippen MR) is 83.7 cm³/mol. The van der Waals surface area contributed by atoms with Gasteiger partial charge in [-0.05, 0) is 25.7 Å². The van der Waals surface area contributed by atoms with Crippen LogP contribution in [-0.4, -0.2) is 8.86 Å². The van der Waals surface area contributed by atoms with Crippen LogP contribution in [0, 0.1) is 0 Å². The molecule has 0 radical (unpaired) electrons. The molecular formula is C12H18I2. The van der Waals surface area contributed by atoms with Gasteiger partial charge < -0.3 is 0 Å². The minimum atomic E-state index is 1.08. The lowest BCUT2D eigenvalue weighted by atomic mass is 10.2. The number of alkyl halides is 2. The molecule has 0 rings (SSSR count). The summed E-state index contributed by atoms with van der Waals surface area (Å²) in [4.78, 5) is 0. The van der Waals surface area contributed by atoms with Crippen LogP contribution in [0.25, 0.3) is 0 Å². The minimum Gasteiger partial charge on any atom is -0.0875 e. The molecule has 14 heavy (non-hydrogen) atoms. The summed E-state index contributed by atoms with van der Waals surface area (Å²) in [5.74, 6) is 0. The number of halogens is 2. The van der Waals surface area contributed by atoms with Gasteiger partial charge in [-0.3, -0.25) is 0 Å². The van der Waals surface area contributed by atoms with Gasteiger partial charge in [-0.25, -0.2) is 0 Å². The molecule has 0 saturated carbocycles. The zero-order chi connectivity index (χ0) is 10.5. The Bertz CT molecular complexity index is 161. The van der Waals surface area contributed by atoms with E-state index in [1.807, 2.05) is 0 Å². The van der Waals surface area contributed by atoms with Crippen LogP contribution in [-0.2, 0) is 0 Å². The Hall–Kier alpha value is 0.680. The molecule has 0 heterocycles. The number of allylic oxidation sites excluding steroid dienone is 6. The van der Waals surface area contributed by atoms with E-state index in [9.17, 15) is 0 Å². The second kappa shape index (κ2) is 13.7. The van der Waals surface area contributed by atoms with Crippen molar-refractivity contribution < 1.29 is 0 Å². The highest BCUT2D eigenvalue weighted by molar-refractivity contribution is 14.1. The van der Waals surface area contributed by atoms with Crippen molar-refractivity contribution in [1.29, 1.82) is 0 Å². The van der Waals surface area contributed by atoms with Crippen LogP contribution in [0.3, 0.4) is 0 Å². The third-order valence-electron chi connectivity index (χ3n) is 1.60. The van der Waals surface area contributed by atoms with Crippen molar-refractivity contribution in [3.05, 3.63) is 36.5 Å². The molecule has 0 N–H and O–H groups in total. The van der Waals surface area contributed by atoms with Crippen molar-refractivity contribution >= 4 is 45.2 Å². The largest absolute Gasteiger partial charge is 0.0875 e. The highest BCUT2D eigenvalue weighted by Gasteiger charge is 1.75. The van der Waals surface area contributed by atoms with Gasteiger partial charge in [0, 0.05) is 8.86 Å². The van der Waals surface area contributed by atoms with Crippen LogP contribution < -0.4 is 0 Å². The van der Waals surface area contributed by atoms with E-state index in [4.69, 9.17) is 0 Å². The molecule has 0 saturated heterocycles. The van der Waals surface area contributed by atoms with Crippen molar-refractivity contribution in [2.45, 2.75) is 25.7 Å². The van der Waals surface area contributed by atoms with Crippen LogP contribution in [0.2, 0.25) is 0 Å². The molecule has 0 aromatic rings. The van der Waals surface area contributed by atoms with Crippen LogP contribution in [0.15, 0.2) is 36.5 Å². The first-order valence-electron chi connectivity index (χ1n) is 4.98. The quantitative estimate of drug-likeness (QED) is 0.294. The molecule has 0 aromatic heterocycles. The molecule has 0 aliphatic carbocycles. The minimum absolute atomic E-state index is 1.08. The monoisotopic (exact) mass is 416 g/mol. The van der Waals surface area contributed by atoms with Gasteiger partial charge in [-0.2, -0.15) is 0 Å². The van der Waals surface area contributed by atoms with E-state index in [2.05, 4.69) is 81.6 Å². The van der Waals surface area contributed by atoms with E-state index in [0.717, 1.165) is 12.8 Å². The second-order valence-electron chi connectivity index (χ2n) is 2.84. The first-order valence-corrected chi connectivity index (χ1v) is 8.04. The highest BCUT2D eigenvalue weighted by atomic mass is 127. The Kier molecular flexibility index (Phi) is 14.3. The topological polar surface area (TPSA) is 0 Å². The fourth-order valence-electron chi connectivity index (χ4n) is 0.904. The lowest BCUT2D eigenvalue weighted by molar-refractivity contribution is 1.22. The molecule has 0 unspecified atom stereocenters. The molecule has 2 heteroatoms. The van der Waals surface area contributed by atoms with Crippen LogP contribution in [0.4, 0.5) is 0 Å². The van der Waals surface area contributed by atoms with Gasteiger partial charge >= 0.3 is 0 Å². The average Bonchev–Trinajstić information content (AvgIpc) is 2.21.